The molecule has 1 N–H and O–H groups in total. The maximum atomic E-state index is 13.3. The predicted molar refractivity (Wildman–Crippen MR) is 147 cm³/mol. The minimum Gasteiger partial charge on any atom is -0.374 e. The number of morpholine rings is 1. The van der Waals surface area contributed by atoms with Crippen molar-refractivity contribution in [3.63, 3.8) is 0 Å². The number of nitrogens with zero attached hydrogens (tertiary/aromatic N) is 6. The summed E-state index contributed by atoms with van der Waals surface area (Å²) in [6, 6.07) is 8.62. The number of hydrogen-bond acceptors (Lipinski definition) is 8. The van der Waals surface area contributed by atoms with Crippen molar-refractivity contribution in [1.29, 1.82) is 0 Å². The van der Waals surface area contributed by atoms with E-state index < -0.39 is 17.5 Å². The molecule has 0 radical (unpaired) electrons. The average Bonchev–Trinajstić information content (AvgIpc) is 3.71. The number of H-pyrrole nitrogens is 1. The Hall–Kier alpha value is -4.23. The lowest BCUT2D eigenvalue weighted by Crippen LogP contribution is -2.49. The molecule has 0 unspecified atom stereocenters. The van der Waals surface area contributed by atoms with Gasteiger partial charge >= 0.3 is 11.9 Å². The van der Waals surface area contributed by atoms with E-state index in [4.69, 9.17) is 30.8 Å². The first-order valence-corrected chi connectivity index (χ1v) is 13.8. The molecular formula is C28H23ClF3N7O3. The van der Waals surface area contributed by atoms with Crippen molar-refractivity contribution in [3.8, 4) is 22.8 Å². The van der Waals surface area contributed by atoms with Crippen molar-refractivity contribution in [2.75, 3.05) is 18.1 Å². The first kappa shape index (κ1) is 26.7. The number of rotatable bonds is 5. The van der Waals surface area contributed by atoms with E-state index in [-0.39, 0.29) is 24.5 Å². The number of nitrogens with one attached hydrogen (secondary N) is 1. The smallest absolute Gasteiger partial charge is 0.374 e. The number of imidazole rings is 1. The molecule has 5 aromatic rings. The molecule has 2 fully saturated rings. The van der Waals surface area contributed by atoms with Crippen LogP contribution in [-0.2, 0) is 17.5 Å². The largest absolute Gasteiger partial charge is 0.439 e. The van der Waals surface area contributed by atoms with Crippen LogP contribution in [0.1, 0.15) is 30.4 Å². The number of benzene rings is 1. The minimum absolute atomic E-state index is 0.0728. The van der Waals surface area contributed by atoms with Gasteiger partial charge in [-0.15, -0.1) is 0 Å². The first-order chi connectivity index (χ1) is 20.2. The van der Waals surface area contributed by atoms with Gasteiger partial charge in [-0.05, 0) is 49.1 Å². The Morgan fingerprint density at radius 2 is 1.93 bits per heavy atom. The van der Waals surface area contributed by atoms with Crippen molar-refractivity contribution in [2.45, 2.75) is 44.1 Å². The average molecular weight is 598 g/mol. The molecule has 1 aromatic carbocycles. The molecule has 42 heavy (non-hydrogen) atoms. The lowest BCUT2D eigenvalue weighted by atomic mass is 10.1. The number of hydrogen-bond donors (Lipinski definition) is 1. The highest BCUT2D eigenvalue weighted by Gasteiger charge is 2.39. The molecule has 0 bridgehead atoms. The highest BCUT2D eigenvalue weighted by Crippen LogP contribution is 2.38. The van der Waals surface area contributed by atoms with E-state index in [9.17, 15) is 18.0 Å². The normalized spacial score (nSPS) is 19.0. The standard InChI is InChI=1S/C28H23ClF3N7O3/c29-18-10-16(12-33-13-18)23-24-19(11-20(34-23)25-36-27(40)42-37-25)35-26(38-8-9-41-22-3-1-2-21(22)38)39(24)14-15-4-6-17(7-5-15)28(30,31)32/h4-7,10-13,21-22H,1-3,8-9,14H2,(H,36,37,40)/t21-,22-/m1/s1. The van der Waals surface area contributed by atoms with Gasteiger partial charge < -0.3 is 14.2 Å². The maximum absolute atomic E-state index is 13.3. The lowest BCUT2D eigenvalue weighted by Gasteiger charge is -2.38. The Kier molecular flexibility index (Phi) is 6.50. The lowest BCUT2D eigenvalue weighted by molar-refractivity contribution is -0.137. The number of ether oxygens (including phenoxy) is 1. The number of aromatic nitrogens is 6. The second kappa shape index (κ2) is 10.2. The van der Waals surface area contributed by atoms with Crippen LogP contribution in [0.15, 0.2) is 58.1 Å². The summed E-state index contributed by atoms with van der Waals surface area (Å²) in [5, 5.41) is 4.19. The van der Waals surface area contributed by atoms with E-state index in [1.165, 1.54) is 18.3 Å². The molecule has 1 saturated carbocycles. The quantitative estimate of drug-likeness (QED) is 0.290. The number of pyridine rings is 2. The molecule has 14 heteroatoms. The van der Waals surface area contributed by atoms with Crippen LogP contribution < -0.4 is 10.7 Å². The number of alkyl halides is 3. The van der Waals surface area contributed by atoms with Gasteiger partial charge in [-0.2, -0.15) is 13.2 Å². The highest BCUT2D eigenvalue weighted by atomic mass is 35.5. The highest BCUT2D eigenvalue weighted by molar-refractivity contribution is 6.30. The maximum Gasteiger partial charge on any atom is 0.439 e. The summed E-state index contributed by atoms with van der Waals surface area (Å²) >= 11 is 6.31. The van der Waals surface area contributed by atoms with Crippen molar-refractivity contribution >= 4 is 28.6 Å². The molecule has 2 aliphatic rings. The summed E-state index contributed by atoms with van der Waals surface area (Å²) < 4.78 is 52.6. The molecule has 0 amide bonds. The summed E-state index contributed by atoms with van der Waals surface area (Å²) in [6.07, 6.45) is 1.65. The van der Waals surface area contributed by atoms with Gasteiger partial charge in [-0.1, -0.05) is 28.9 Å². The zero-order valence-corrected chi connectivity index (χ0v) is 22.7. The fourth-order valence-electron chi connectivity index (χ4n) is 5.87. The zero-order chi connectivity index (χ0) is 29.0. The third-order valence-corrected chi connectivity index (χ3v) is 7.93. The van der Waals surface area contributed by atoms with Crippen LogP contribution in [0.25, 0.3) is 33.8 Å². The van der Waals surface area contributed by atoms with Gasteiger partial charge in [0, 0.05) is 24.5 Å². The second-order valence-electron chi connectivity index (χ2n) is 10.4. The van der Waals surface area contributed by atoms with Crippen LogP contribution in [-0.4, -0.2) is 55.0 Å². The Balaban J connectivity index is 1.46. The summed E-state index contributed by atoms with van der Waals surface area (Å²) in [4.78, 5) is 30.6. The molecular weight excluding hydrogens is 575 g/mol. The Morgan fingerprint density at radius 1 is 1.10 bits per heavy atom. The van der Waals surface area contributed by atoms with Crippen molar-refractivity contribution in [3.05, 3.63) is 75.5 Å². The van der Waals surface area contributed by atoms with E-state index in [2.05, 4.69) is 20.0 Å². The molecule has 1 aliphatic heterocycles. The summed E-state index contributed by atoms with van der Waals surface area (Å²) in [5.41, 5.74) is 2.47. The number of halogens is 4. The summed E-state index contributed by atoms with van der Waals surface area (Å²) in [5.74, 6) is 0.0418. The molecule has 7 rings (SSSR count). The zero-order valence-electron chi connectivity index (χ0n) is 21.9. The van der Waals surface area contributed by atoms with Gasteiger partial charge in [0.25, 0.3) is 0 Å². The molecule has 1 saturated heterocycles. The SMILES string of the molecule is O=c1[nH]c(-c2cc3nc(N4CCO[C@@H]5CCC[C@H]54)n(Cc4ccc(C(F)(F)F)cc4)c3c(-c3cncc(Cl)c3)n2)no1. The van der Waals surface area contributed by atoms with Gasteiger partial charge in [0.2, 0.25) is 11.8 Å². The monoisotopic (exact) mass is 597 g/mol. The molecule has 216 valence electrons. The second-order valence-corrected chi connectivity index (χ2v) is 10.8. The topological polar surface area (TPSA) is 115 Å². The Labute approximate surface area is 241 Å². The molecule has 5 heterocycles. The molecule has 1 aliphatic carbocycles. The van der Waals surface area contributed by atoms with Crippen molar-refractivity contribution in [1.82, 2.24) is 29.7 Å². The van der Waals surface area contributed by atoms with E-state index in [0.717, 1.165) is 31.4 Å². The Morgan fingerprint density at radius 3 is 2.67 bits per heavy atom. The molecule has 10 nitrogen and oxygen atoms in total. The number of fused-ring (bicyclic) bond motifs is 2. The minimum atomic E-state index is -4.44. The third-order valence-electron chi connectivity index (χ3n) is 7.73. The fraction of sp³-hybridized carbons (Fsp3) is 0.321. The van der Waals surface area contributed by atoms with Crippen LogP contribution in [0.5, 0.6) is 0 Å². The third kappa shape index (κ3) is 4.81. The van der Waals surface area contributed by atoms with E-state index in [1.54, 1.807) is 18.3 Å². The van der Waals surface area contributed by atoms with Crippen molar-refractivity contribution in [2.24, 2.45) is 0 Å². The van der Waals surface area contributed by atoms with Gasteiger partial charge in [-0.3, -0.25) is 14.5 Å². The summed E-state index contributed by atoms with van der Waals surface area (Å²) in [7, 11) is 0. The van der Waals surface area contributed by atoms with E-state index >= 15 is 0 Å². The molecule has 0 spiro atoms. The van der Waals surface area contributed by atoms with E-state index in [0.29, 0.717) is 57.7 Å². The van der Waals surface area contributed by atoms with Gasteiger partial charge in [0.15, 0.2) is 0 Å². The number of anilines is 1. The number of aromatic amines is 1. The van der Waals surface area contributed by atoms with Crippen LogP contribution in [0.4, 0.5) is 19.1 Å². The van der Waals surface area contributed by atoms with Crippen LogP contribution in [0.2, 0.25) is 5.02 Å². The summed E-state index contributed by atoms with van der Waals surface area (Å²) in [6.45, 7) is 1.35. The van der Waals surface area contributed by atoms with Gasteiger partial charge in [0.1, 0.15) is 5.69 Å². The van der Waals surface area contributed by atoms with Gasteiger partial charge in [0.05, 0.1) is 52.6 Å². The first-order valence-electron chi connectivity index (χ1n) is 13.4. The van der Waals surface area contributed by atoms with Crippen LogP contribution in [0, 0.1) is 0 Å². The van der Waals surface area contributed by atoms with Gasteiger partial charge in [-0.25, -0.2) is 14.8 Å². The fourth-order valence-corrected chi connectivity index (χ4v) is 6.05. The van der Waals surface area contributed by atoms with E-state index in [1.807, 2.05) is 4.57 Å². The van der Waals surface area contributed by atoms with Crippen molar-refractivity contribution < 1.29 is 22.4 Å². The Bertz CT molecular complexity index is 1830. The molecule has 2 atom stereocenters. The van der Waals surface area contributed by atoms with Crippen LogP contribution >= 0.6 is 11.6 Å². The van der Waals surface area contributed by atoms with Crippen LogP contribution in [0.3, 0.4) is 0 Å². The predicted octanol–water partition coefficient (Wildman–Crippen LogP) is 5.31. The molecule has 4 aromatic heterocycles.